The van der Waals surface area contributed by atoms with E-state index in [1.165, 1.54) is 6.33 Å². The standard InChI is InChI=1S/C15H9BrN2O/c16-11-5-3-4-10(8-11)15(19)14-12-6-1-2-7-13(12)17-9-18-14/h1-9H. The third-order valence-electron chi connectivity index (χ3n) is 2.84. The van der Waals surface area contributed by atoms with Gasteiger partial charge in [-0.1, -0.05) is 46.3 Å². The lowest BCUT2D eigenvalue weighted by atomic mass is 10.0. The van der Waals surface area contributed by atoms with Crippen molar-refractivity contribution in [3.8, 4) is 0 Å². The topological polar surface area (TPSA) is 42.9 Å². The van der Waals surface area contributed by atoms with Gasteiger partial charge in [-0.2, -0.15) is 0 Å². The van der Waals surface area contributed by atoms with Gasteiger partial charge in [-0.05, 0) is 18.2 Å². The third-order valence-corrected chi connectivity index (χ3v) is 3.34. The predicted molar refractivity (Wildman–Crippen MR) is 77.1 cm³/mol. The van der Waals surface area contributed by atoms with E-state index in [2.05, 4.69) is 25.9 Å². The first-order valence-corrected chi connectivity index (χ1v) is 6.55. The summed E-state index contributed by atoms with van der Waals surface area (Å²) in [5.74, 6) is -0.0973. The molecule has 1 aromatic heterocycles. The quantitative estimate of drug-likeness (QED) is 0.679. The number of hydrogen-bond donors (Lipinski definition) is 0. The normalized spacial score (nSPS) is 10.6. The van der Waals surface area contributed by atoms with Crippen molar-refractivity contribution in [3.63, 3.8) is 0 Å². The largest absolute Gasteiger partial charge is 0.287 e. The molecule has 4 heteroatoms. The predicted octanol–water partition coefficient (Wildman–Crippen LogP) is 3.62. The van der Waals surface area contributed by atoms with Crippen LogP contribution in [0.4, 0.5) is 0 Å². The Balaban J connectivity index is 2.17. The summed E-state index contributed by atoms with van der Waals surface area (Å²) in [5.41, 5.74) is 1.82. The van der Waals surface area contributed by atoms with Gasteiger partial charge in [-0.15, -0.1) is 0 Å². The minimum atomic E-state index is -0.0973. The van der Waals surface area contributed by atoms with E-state index in [0.717, 1.165) is 15.4 Å². The van der Waals surface area contributed by atoms with Crippen LogP contribution in [0.5, 0.6) is 0 Å². The molecule has 0 atom stereocenters. The number of nitrogens with zero attached hydrogens (tertiary/aromatic N) is 2. The Bertz CT molecular complexity index is 765. The molecule has 0 saturated heterocycles. The van der Waals surface area contributed by atoms with Gasteiger partial charge >= 0.3 is 0 Å². The molecule has 3 nitrogen and oxygen atoms in total. The molecule has 0 aliphatic carbocycles. The zero-order chi connectivity index (χ0) is 13.2. The number of hydrogen-bond acceptors (Lipinski definition) is 3. The van der Waals surface area contributed by atoms with E-state index < -0.39 is 0 Å². The van der Waals surface area contributed by atoms with Crippen LogP contribution in [0, 0.1) is 0 Å². The highest BCUT2D eigenvalue weighted by Crippen LogP contribution is 2.19. The van der Waals surface area contributed by atoms with Crippen LogP contribution in [0.25, 0.3) is 10.9 Å². The summed E-state index contributed by atoms with van der Waals surface area (Å²) >= 11 is 3.37. The number of fused-ring (bicyclic) bond motifs is 1. The van der Waals surface area contributed by atoms with Crippen molar-refractivity contribution in [1.29, 1.82) is 0 Å². The highest BCUT2D eigenvalue weighted by Gasteiger charge is 2.14. The molecule has 0 spiro atoms. The van der Waals surface area contributed by atoms with Crippen molar-refractivity contribution in [2.24, 2.45) is 0 Å². The number of halogens is 1. The van der Waals surface area contributed by atoms with E-state index in [9.17, 15) is 4.79 Å². The molecule has 92 valence electrons. The van der Waals surface area contributed by atoms with E-state index in [-0.39, 0.29) is 5.78 Å². The zero-order valence-corrected chi connectivity index (χ0v) is 11.5. The van der Waals surface area contributed by atoms with Crippen LogP contribution < -0.4 is 0 Å². The van der Waals surface area contributed by atoms with E-state index in [1.807, 2.05) is 36.4 Å². The first-order valence-electron chi connectivity index (χ1n) is 5.76. The summed E-state index contributed by atoms with van der Waals surface area (Å²) in [5, 5.41) is 0.773. The number of carbonyl (C=O) groups is 1. The van der Waals surface area contributed by atoms with Crippen LogP contribution in [0.15, 0.2) is 59.3 Å². The molecule has 0 aliphatic heterocycles. The maximum atomic E-state index is 12.5. The summed E-state index contributed by atoms with van der Waals surface area (Å²) in [6.07, 6.45) is 1.42. The first kappa shape index (κ1) is 12.0. The second kappa shape index (κ2) is 4.90. The highest BCUT2D eigenvalue weighted by molar-refractivity contribution is 9.10. The highest BCUT2D eigenvalue weighted by atomic mass is 79.9. The summed E-state index contributed by atoms with van der Waals surface area (Å²) in [6.45, 7) is 0. The molecule has 2 aromatic carbocycles. The van der Waals surface area contributed by atoms with Crippen molar-refractivity contribution in [2.75, 3.05) is 0 Å². The van der Waals surface area contributed by atoms with Crippen LogP contribution in [0.1, 0.15) is 16.1 Å². The lowest BCUT2D eigenvalue weighted by Gasteiger charge is -2.04. The average molecular weight is 313 g/mol. The van der Waals surface area contributed by atoms with E-state index >= 15 is 0 Å². The maximum absolute atomic E-state index is 12.5. The molecule has 3 aromatic rings. The molecule has 0 N–H and O–H groups in total. The average Bonchev–Trinajstić information content (AvgIpc) is 2.46. The van der Waals surface area contributed by atoms with E-state index in [4.69, 9.17) is 0 Å². The maximum Gasteiger partial charge on any atom is 0.212 e. The number of rotatable bonds is 2. The van der Waals surface area contributed by atoms with Crippen molar-refractivity contribution < 1.29 is 4.79 Å². The van der Waals surface area contributed by atoms with Gasteiger partial charge < -0.3 is 0 Å². The number of carbonyl (C=O) groups excluding carboxylic acids is 1. The lowest BCUT2D eigenvalue weighted by molar-refractivity contribution is 0.103. The van der Waals surface area contributed by atoms with Gasteiger partial charge in [0.25, 0.3) is 0 Å². The Morgan fingerprint density at radius 1 is 1.00 bits per heavy atom. The van der Waals surface area contributed by atoms with Crippen LogP contribution >= 0.6 is 15.9 Å². The fourth-order valence-corrected chi connectivity index (χ4v) is 2.35. The Hall–Kier alpha value is -2.07. The van der Waals surface area contributed by atoms with Crippen LogP contribution in [0.2, 0.25) is 0 Å². The molecule has 0 bridgehead atoms. The van der Waals surface area contributed by atoms with Crippen molar-refractivity contribution in [3.05, 3.63) is 70.6 Å². The van der Waals surface area contributed by atoms with Gasteiger partial charge in [0.1, 0.15) is 12.0 Å². The molecule has 0 amide bonds. The molecule has 0 aliphatic rings. The Morgan fingerprint density at radius 2 is 1.84 bits per heavy atom. The summed E-state index contributed by atoms with van der Waals surface area (Å²) in [4.78, 5) is 20.8. The minimum absolute atomic E-state index is 0.0973. The Kier molecular flexibility index (Phi) is 3.09. The van der Waals surface area contributed by atoms with Crippen LogP contribution in [-0.4, -0.2) is 15.8 Å². The Labute approximate surface area is 118 Å². The number of para-hydroxylation sites is 1. The van der Waals surface area contributed by atoms with Crippen molar-refractivity contribution in [1.82, 2.24) is 9.97 Å². The smallest absolute Gasteiger partial charge is 0.212 e. The van der Waals surface area contributed by atoms with Crippen molar-refractivity contribution in [2.45, 2.75) is 0 Å². The van der Waals surface area contributed by atoms with Gasteiger partial charge in [0.2, 0.25) is 5.78 Å². The summed E-state index contributed by atoms with van der Waals surface area (Å²) in [6, 6.07) is 14.8. The molecular weight excluding hydrogens is 304 g/mol. The van der Waals surface area contributed by atoms with Crippen LogP contribution in [-0.2, 0) is 0 Å². The molecule has 0 unspecified atom stereocenters. The molecule has 0 radical (unpaired) electrons. The summed E-state index contributed by atoms with van der Waals surface area (Å²) < 4.78 is 0.872. The first-order chi connectivity index (χ1) is 9.25. The summed E-state index contributed by atoms with van der Waals surface area (Å²) in [7, 11) is 0. The molecule has 0 saturated carbocycles. The molecule has 1 heterocycles. The fraction of sp³-hybridized carbons (Fsp3) is 0. The van der Waals surface area contributed by atoms with E-state index in [0.29, 0.717) is 11.3 Å². The van der Waals surface area contributed by atoms with Gasteiger partial charge in [-0.3, -0.25) is 4.79 Å². The SMILES string of the molecule is O=C(c1cccc(Br)c1)c1ncnc2ccccc12. The number of ketones is 1. The molecule has 3 rings (SSSR count). The second-order valence-electron chi connectivity index (χ2n) is 4.08. The van der Waals surface area contributed by atoms with Gasteiger partial charge in [0.05, 0.1) is 5.52 Å². The number of aromatic nitrogens is 2. The molecule has 0 fully saturated rings. The third kappa shape index (κ3) is 2.27. The monoisotopic (exact) mass is 312 g/mol. The minimum Gasteiger partial charge on any atom is -0.287 e. The second-order valence-corrected chi connectivity index (χ2v) is 4.99. The number of benzene rings is 2. The molecule has 19 heavy (non-hydrogen) atoms. The fourth-order valence-electron chi connectivity index (χ4n) is 1.95. The Morgan fingerprint density at radius 3 is 2.68 bits per heavy atom. The van der Waals surface area contributed by atoms with Crippen LogP contribution in [0.3, 0.4) is 0 Å². The van der Waals surface area contributed by atoms with Crippen molar-refractivity contribution >= 4 is 32.6 Å². The van der Waals surface area contributed by atoms with Gasteiger partial charge in [-0.25, -0.2) is 9.97 Å². The van der Waals surface area contributed by atoms with Gasteiger partial charge in [0, 0.05) is 15.4 Å². The zero-order valence-electron chi connectivity index (χ0n) is 9.88. The van der Waals surface area contributed by atoms with E-state index in [1.54, 1.807) is 12.1 Å². The van der Waals surface area contributed by atoms with Gasteiger partial charge in [0.15, 0.2) is 0 Å². The molecular formula is C15H9BrN2O. The lowest BCUT2D eigenvalue weighted by Crippen LogP contribution is -2.05.